The molecule has 1 heterocycles. The van der Waals surface area contributed by atoms with Crippen LogP contribution in [0.15, 0.2) is 0 Å². The fraction of sp³-hybridized carbons (Fsp3) is 0.818. The summed E-state index contributed by atoms with van der Waals surface area (Å²) in [6.45, 7) is 4.81. The van der Waals surface area contributed by atoms with Crippen molar-refractivity contribution < 1.29 is 18.7 Å². The van der Waals surface area contributed by atoms with Crippen molar-refractivity contribution in [2.24, 2.45) is 0 Å². The van der Waals surface area contributed by atoms with E-state index in [0.29, 0.717) is 0 Å². The molecule has 0 aliphatic carbocycles. The van der Waals surface area contributed by atoms with Gasteiger partial charge in [0.25, 0.3) is 0 Å². The summed E-state index contributed by atoms with van der Waals surface area (Å²) in [5.41, 5.74) is -0.598. The second-order valence-electron chi connectivity index (χ2n) is 4.97. The Hall–Kier alpha value is -1.13. The number of alkyl halides is 1. The lowest BCUT2D eigenvalue weighted by atomic mass is 10.0. The Bertz CT molecular complexity index is 285. The van der Waals surface area contributed by atoms with Gasteiger partial charge in [0, 0.05) is 19.4 Å². The SMILES string of the molecule is CC(C)(C)OC(=O)N1CCC(=O)C[C@H]1CF. The van der Waals surface area contributed by atoms with Crippen molar-refractivity contribution >= 4 is 11.9 Å². The van der Waals surface area contributed by atoms with Crippen LogP contribution in [0, 0.1) is 0 Å². The maximum absolute atomic E-state index is 12.7. The van der Waals surface area contributed by atoms with Gasteiger partial charge in [-0.1, -0.05) is 0 Å². The second-order valence-corrected chi connectivity index (χ2v) is 4.97. The van der Waals surface area contributed by atoms with Crippen LogP contribution in [-0.2, 0) is 9.53 Å². The van der Waals surface area contributed by atoms with Crippen molar-refractivity contribution in [1.82, 2.24) is 4.90 Å². The third-order valence-electron chi connectivity index (χ3n) is 2.34. The first-order valence-electron chi connectivity index (χ1n) is 5.41. The molecule has 0 bridgehead atoms. The predicted molar refractivity (Wildman–Crippen MR) is 56.9 cm³/mol. The van der Waals surface area contributed by atoms with Crippen LogP contribution in [0.5, 0.6) is 0 Å². The summed E-state index contributed by atoms with van der Waals surface area (Å²) >= 11 is 0. The zero-order valence-electron chi connectivity index (χ0n) is 9.96. The Labute approximate surface area is 94.7 Å². The van der Waals surface area contributed by atoms with Gasteiger partial charge in [-0.2, -0.15) is 0 Å². The average Bonchev–Trinajstić information content (AvgIpc) is 2.14. The normalized spacial score (nSPS) is 22.1. The summed E-state index contributed by atoms with van der Waals surface area (Å²) in [6, 6.07) is -0.656. The van der Waals surface area contributed by atoms with Gasteiger partial charge in [0.2, 0.25) is 0 Å². The molecule has 1 rings (SSSR count). The van der Waals surface area contributed by atoms with Gasteiger partial charge < -0.3 is 9.64 Å². The van der Waals surface area contributed by atoms with E-state index in [4.69, 9.17) is 4.74 Å². The molecule has 1 atom stereocenters. The third kappa shape index (κ3) is 3.47. The Morgan fingerprint density at radius 3 is 2.69 bits per heavy atom. The number of carbonyl (C=O) groups is 2. The zero-order valence-corrected chi connectivity index (χ0v) is 9.96. The maximum Gasteiger partial charge on any atom is 0.410 e. The van der Waals surface area contributed by atoms with E-state index in [0.717, 1.165) is 0 Å². The molecule has 1 amide bonds. The minimum Gasteiger partial charge on any atom is -0.444 e. The van der Waals surface area contributed by atoms with Crippen molar-refractivity contribution in [3.8, 4) is 0 Å². The van der Waals surface area contributed by atoms with E-state index in [1.54, 1.807) is 20.8 Å². The Balaban J connectivity index is 2.64. The van der Waals surface area contributed by atoms with E-state index in [1.165, 1.54) is 4.90 Å². The highest BCUT2D eigenvalue weighted by Crippen LogP contribution is 2.18. The van der Waals surface area contributed by atoms with Crippen LogP contribution in [-0.4, -0.2) is 41.6 Å². The molecular weight excluding hydrogens is 213 g/mol. The summed E-state index contributed by atoms with van der Waals surface area (Å²) in [5.74, 6) is 0.00228. The van der Waals surface area contributed by atoms with E-state index in [9.17, 15) is 14.0 Å². The molecule has 0 aromatic carbocycles. The minimum atomic E-state index is -0.703. The smallest absolute Gasteiger partial charge is 0.410 e. The lowest BCUT2D eigenvalue weighted by Crippen LogP contribution is -2.49. The Morgan fingerprint density at radius 1 is 1.56 bits per heavy atom. The highest BCUT2D eigenvalue weighted by Gasteiger charge is 2.33. The number of ether oxygens (including phenoxy) is 1. The third-order valence-corrected chi connectivity index (χ3v) is 2.34. The Morgan fingerprint density at radius 2 is 2.19 bits per heavy atom. The number of piperidine rings is 1. The van der Waals surface area contributed by atoms with Crippen molar-refractivity contribution in [3.05, 3.63) is 0 Å². The van der Waals surface area contributed by atoms with Crippen LogP contribution in [0.4, 0.5) is 9.18 Å². The number of hydrogen-bond donors (Lipinski definition) is 0. The lowest BCUT2D eigenvalue weighted by molar-refractivity contribution is -0.123. The highest BCUT2D eigenvalue weighted by molar-refractivity contribution is 5.82. The summed E-state index contributed by atoms with van der Waals surface area (Å²) in [6.07, 6.45) is -0.159. The van der Waals surface area contributed by atoms with Crippen LogP contribution < -0.4 is 0 Å². The largest absolute Gasteiger partial charge is 0.444 e. The van der Waals surface area contributed by atoms with Crippen LogP contribution >= 0.6 is 0 Å². The van der Waals surface area contributed by atoms with Crippen LogP contribution in [0.1, 0.15) is 33.6 Å². The number of rotatable bonds is 1. The topological polar surface area (TPSA) is 46.6 Å². The summed E-state index contributed by atoms with van der Waals surface area (Å²) < 4.78 is 17.8. The molecule has 0 radical (unpaired) electrons. The molecule has 5 heteroatoms. The molecule has 0 unspecified atom stereocenters. The van der Waals surface area contributed by atoms with Crippen LogP contribution in [0.2, 0.25) is 0 Å². The molecule has 4 nitrogen and oxygen atoms in total. The molecule has 0 aromatic heterocycles. The summed E-state index contributed by atoms with van der Waals surface area (Å²) in [7, 11) is 0. The summed E-state index contributed by atoms with van der Waals surface area (Å²) in [4.78, 5) is 24.2. The average molecular weight is 231 g/mol. The van der Waals surface area contributed by atoms with Crippen LogP contribution in [0.3, 0.4) is 0 Å². The molecule has 1 fully saturated rings. The van der Waals surface area contributed by atoms with Gasteiger partial charge in [-0.15, -0.1) is 0 Å². The first-order valence-corrected chi connectivity index (χ1v) is 5.41. The number of Topliss-reactive ketones (excluding diaryl/α,β-unsaturated/α-hetero) is 1. The fourth-order valence-corrected chi connectivity index (χ4v) is 1.60. The molecule has 0 aromatic rings. The molecule has 1 aliphatic rings. The van der Waals surface area contributed by atoms with Crippen molar-refractivity contribution in [2.75, 3.05) is 13.2 Å². The second kappa shape index (κ2) is 4.80. The Kier molecular flexibility index (Phi) is 3.88. The number of hydrogen-bond acceptors (Lipinski definition) is 3. The number of amides is 1. The molecule has 1 aliphatic heterocycles. The highest BCUT2D eigenvalue weighted by atomic mass is 19.1. The fourth-order valence-electron chi connectivity index (χ4n) is 1.60. The van der Waals surface area contributed by atoms with Gasteiger partial charge >= 0.3 is 6.09 Å². The monoisotopic (exact) mass is 231 g/mol. The van der Waals surface area contributed by atoms with Gasteiger partial charge in [-0.05, 0) is 20.8 Å². The van der Waals surface area contributed by atoms with E-state index < -0.39 is 24.4 Å². The van der Waals surface area contributed by atoms with Crippen molar-refractivity contribution in [1.29, 1.82) is 0 Å². The van der Waals surface area contributed by atoms with E-state index in [2.05, 4.69) is 0 Å². The van der Waals surface area contributed by atoms with Gasteiger partial charge in [-0.3, -0.25) is 4.79 Å². The lowest BCUT2D eigenvalue weighted by Gasteiger charge is -2.34. The number of likely N-dealkylation sites (tertiary alicyclic amines) is 1. The first-order chi connectivity index (χ1) is 7.33. The molecule has 1 saturated heterocycles. The molecule has 16 heavy (non-hydrogen) atoms. The maximum atomic E-state index is 12.7. The van der Waals surface area contributed by atoms with E-state index >= 15 is 0 Å². The van der Waals surface area contributed by atoms with Crippen molar-refractivity contribution in [3.63, 3.8) is 0 Å². The quantitative estimate of drug-likeness (QED) is 0.692. The van der Waals surface area contributed by atoms with Gasteiger partial charge in [0.05, 0.1) is 6.04 Å². The zero-order chi connectivity index (χ0) is 12.3. The standard InChI is InChI=1S/C11H18FNO3/c1-11(2,3)16-10(15)13-5-4-9(14)6-8(13)7-12/h8H,4-7H2,1-3H3/t8-/m0/s1. The van der Waals surface area contributed by atoms with Crippen molar-refractivity contribution in [2.45, 2.75) is 45.3 Å². The molecule has 0 N–H and O–H groups in total. The molecule has 0 saturated carbocycles. The van der Waals surface area contributed by atoms with E-state index in [-0.39, 0.29) is 25.2 Å². The predicted octanol–water partition coefficient (Wildman–Crippen LogP) is 1.92. The minimum absolute atomic E-state index is 0.00228. The number of carbonyl (C=O) groups excluding carboxylic acids is 2. The molecule has 0 spiro atoms. The van der Waals surface area contributed by atoms with Gasteiger partial charge in [-0.25, -0.2) is 9.18 Å². The molecule has 92 valence electrons. The molecular formula is C11H18FNO3. The number of halogens is 1. The number of ketones is 1. The van der Waals surface area contributed by atoms with Crippen LogP contribution in [0.25, 0.3) is 0 Å². The van der Waals surface area contributed by atoms with Gasteiger partial charge in [0.15, 0.2) is 0 Å². The van der Waals surface area contributed by atoms with Gasteiger partial charge in [0.1, 0.15) is 18.1 Å². The number of nitrogens with zero attached hydrogens (tertiary/aromatic N) is 1. The first kappa shape index (κ1) is 12.9. The summed E-state index contributed by atoms with van der Waals surface area (Å²) in [5, 5.41) is 0. The van der Waals surface area contributed by atoms with E-state index in [1.807, 2.05) is 0 Å².